The fourth-order valence-corrected chi connectivity index (χ4v) is 3.65. The van der Waals surface area contributed by atoms with Gasteiger partial charge in [0, 0.05) is 6.54 Å². The Morgan fingerprint density at radius 3 is 2.86 bits per heavy atom. The highest BCUT2D eigenvalue weighted by Gasteiger charge is 2.30. The maximum Gasteiger partial charge on any atom is 0.347 e. The minimum absolute atomic E-state index is 0.150. The third kappa shape index (κ3) is 3.37. The molecule has 0 spiro atoms. The van der Waals surface area contributed by atoms with Gasteiger partial charge in [0.25, 0.3) is 0 Å². The summed E-state index contributed by atoms with van der Waals surface area (Å²) in [5.74, 6) is -0.706. The Kier molecular flexibility index (Phi) is 5.22. The summed E-state index contributed by atoms with van der Waals surface area (Å²) in [5.41, 5.74) is 0.721. The van der Waals surface area contributed by atoms with Crippen LogP contribution in [0.15, 0.2) is 0 Å². The van der Waals surface area contributed by atoms with Crippen LogP contribution in [-0.2, 0) is 4.74 Å². The number of hydrogen-bond acceptors (Lipinski definition) is 5. The molecule has 0 bridgehead atoms. The third-order valence-corrected chi connectivity index (χ3v) is 5.20. The molecule has 0 aliphatic carbocycles. The van der Waals surface area contributed by atoms with Crippen molar-refractivity contribution in [2.75, 3.05) is 18.1 Å². The smallest absolute Gasteiger partial charge is 0.347 e. The Hall–Kier alpha value is -1.14. The number of carbonyl (C=O) groups is 1. The van der Waals surface area contributed by atoms with Crippen molar-refractivity contribution in [3.63, 3.8) is 0 Å². The number of anilines is 1. The van der Waals surface area contributed by atoms with Crippen molar-refractivity contribution in [2.45, 2.75) is 58.6 Å². The minimum Gasteiger partial charge on any atom is -0.477 e. The van der Waals surface area contributed by atoms with E-state index in [-0.39, 0.29) is 18.1 Å². The summed E-state index contributed by atoms with van der Waals surface area (Å²) in [7, 11) is 0. The molecule has 5 nitrogen and oxygen atoms in total. The molecule has 1 N–H and O–H groups in total. The van der Waals surface area contributed by atoms with Gasteiger partial charge in [-0.15, -0.1) is 0 Å². The average molecular weight is 312 g/mol. The Labute approximate surface area is 129 Å². The molecule has 1 aromatic heterocycles. The standard InChI is InChI=1S/C15H24N2O3S/c1-5-9(3)12-13(14(18)19)21-15(16-12)17-7-10(4)20-8-11(17)6-2/h9-11H,5-8H2,1-4H3,(H,18,19). The molecule has 1 saturated heterocycles. The molecule has 1 aliphatic rings. The van der Waals surface area contributed by atoms with E-state index in [9.17, 15) is 9.90 Å². The molecule has 118 valence electrons. The zero-order chi connectivity index (χ0) is 15.6. The molecule has 2 heterocycles. The molecule has 21 heavy (non-hydrogen) atoms. The maximum absolute atomic E-state index is 11.5. The van der Waals surface area contributed by atoms with Crippen molar-refractivity contribution >= 4 is 22.4 Å². The van der Waals surface area contributed by atoms with Gasteiger partial charge < -0.3 is 14.7 Å². The van der Waals surface area contributed by atoms with Crippen LogP contribution in [0.3, 0.4) is 0 Å². The topological polar surface area (TPSA) is 62.7 Å². The van der Waals surface area contributed by atoms with Crippen LogP contribution in [-0.4, -0.2) is 41.4 Å². The van der Waals surface area contributed by atoms with Crippen molar-refractivity contribution in [3.05, 3.63) is 10.6 Å². The normalized spacial score (nSPS) is 24.1. The maximum atomic E-state index is 11.5. The Balaban J connectivity index is 2.36. The SMILES string of the molecule is CCC(C)c1nc(N2CC(C)OCC2CC)sc1C(=O)O. The van der Waals surface area contributed by atoms with Crippen LogP contribution >= 0.6 is 11.3 Å². The molecule has 1 fully saturated rings. The number of aromatic nitrogens is 1. The number of thiazole rings is 1. The van der Waals surface area contributed by atoms with Gasteiger partial charge in [0.2, 0.25) is 0 Å². The molecule has 3 unspecified atom stereocenters. The van der Waals surface area contributed by atoms with Crippen LogP contribution in [0.4, 0.5) is 5.13 Å². The van der Waals surface area contributed by atoms with E-state index in [0.717, 1.165) is 30.2 Å². The quantitative estimate of drug-likeness (QED) is 0.903. The summed E-state index contributed by atoms with van der Waals surface area (Å²) in [6, 6.07) is 0.277. The van der Waals surface area contributed by atoms with Gasteiger partial charge >= 0.3 is 5.97 Å². The van der Waals surface area contributed by atoms with Gasteiger partial charge in [-0.25, -0.2) is 9.78 Å². The Morgan fingerprint density at radius 1 is 1.57 bits per heavy atom. The van der Waals surface area contributed by atoms with Gasteiger partial charge in [-0.1, -0.05) is 32.1 Å². The van der Waals surface area contributed by atoms with E-state index in [1.54, 1.807) is 0 Å². The molecule has 0 radical (unpaired) electrons. The Bertz CT molecular complexity index is 503. The number of ether oxygens (including phenoxy) is 1. The van der Waals surface area contributed by atoms with Crippen LogP contribution in [0.2, 0.25) is 0 Å². The van der Waals surface area contributed by atoms with Crippen molar-refractivity contribution in [1.29, 1.82) is 0 Å². The average Bonchev–Trinajstić information content (AvgIpc) is 2.91. The second-order valence-electron chi connectivity index (χ2n) is 5.68. The van der Waals surface area contributed by atoms with Crippen LogP contribution in [0, 0.1) is 0 Å². The summed E-state index contributed by atoms with van der Waals surface area (Å²) >= 11 is 1.30. The van der Waals surface area contributed by atoms with E-state index >= 15 is 0 Å². The van der Waals surface area contributed by atoms with Crippen LogP contribution < -0.4 is 4.90 Å². The van der Waals surface area contributed by atoms with E-state index in [2.05, 4.69) is 23.7 Å². The lowest BCUT2D eigenvalue weighted by Crippen LogP contribution is -2.48. The molecule has 3 atom stereocenters. The van der Waals surface area contributed by atoms with E-state index in [0.29, 0.717) is 11.5 Å². The molecule has 1 aliphatic heterocycles. The summed E-state index contributed by atoms with van der Waals surface area (Å²) in [4.78, 5) is 18.7. The van der Waals surface area contributed by atoms with E-state index < -0.39 is 5.97 Å². The zero-order valence-electron chi connectivity index (χ0n) is 13.1. The molecule has 1 aromatic rings. The molecular weight excluding hydrogens is 288 g/mol. The van der Waals surface area contributed by atoms with Crippen molar-refractivity contribution in [1.82, 2.24) is 4.98 Å². The molecule has 2 rings (SSSR count). The summed E-state index contributed by atoms with van der Waals surface area (Å²) in [6.07, 6.45) is 2.00. The van der Waals surface area contributed by atoms with Crippen LogP contribution in [0.5, 0.6) is 0 Å². The summed E-state index contributed by atoms with van der Waals surface area (Å²) < 4.78 is 5.71. The summed E-state index contributed by atoms with van der Waals surface area (Å²) in [6.45, 7) is 9.70. The first-order valence-electron chi connectivity index (χ1n) is 7.60. The first-order chi connectivity index (χ1) is 9.97. The van der Waals surface area contributed by atoms with Gasteiger partial charge in [-0.05, 0) is 25.7 Å². The van der Waals surface area contributed by atoms with E-state index in [1.165, 1.54) is 11.3 Å². The zero-order valence-corrected chi connectivity index (χ0v) is 13.9. The Morgan fingerprint density at radius 2 is 2.29 bits per heavy atom. The summed E-state index contributed by atoms with van der Waals surface area (Å²) in [5, 5.41) is 10.2. The number of nitrogens with zero attached hydrogens (tertiary/aromatic N) is 2. The predicted molar refractivity (Wildman–Crippen MR) is 84.6 cm³/mol. The van der Waals surface area contributed by atoms with Gasteiger partial charge in [-0.3, -0.25) is 0 Å². The number of morpholine rings is 1. The number of carboxylic acid groups (broad SMARTS) is 1. The molecule has 0 aromatic carbocycles. The van der Waals surface area contributed by atoms with Crippen molar-refractivity contribution in [2.24, 2.45) is 0 Å². The fourth-order valence-electron chi connectivity index (χ4n) is 2.54. The second-order valence-corrected chi connectivity index (χ2v) is 6.66. The van der Waals surface area contributed by atoms with Crippen molar-refractivity contribution < 1.29 is 14.6 Å². The van der Waals surface area contributed by atoms with Crippen molar-refractivity contribution in [3.8, 4) is 0 Å². The highest BCUT2D eigenvalue weighted by Crippen LogP contribution is 2.34. The van der Waals surface area contributed by atoms with Crippen LogP contribution in [0.25, 0.3) is 0 Å². The lowest BCUT2D eigenvalue weighted by molar-refractivity contribution is 0.0299. The first kappa shape index (κ1) is 16.2. The molecule has 0 saturated carbocycles. The van der Waals surface area contributed by atoms with Gasteiger partial charge in [0.15, 0.2) is 5.13 Å². The van der Waals surface area contributed by atoms with Gasteiger partial charge in [0.1, 0.15) is 4.88 Å². The number of carboxylic acids is 1. The lowest BCUT2D eigenvalue weighted by atomic mass is 10.0. The van der Waals surface area contributed by atoms with Crippen LogP contribution in [0.1, 0.15) is 61.8 Å². The van der Waals surface area contributed by atoms with E-state index in [1.807, 2.05) is 13.8 Å². The minimum atomic E-state index is -0.872. The number of hydrogen-bond donors (Lipinski definition) is 1. The highest BCUT2D eigenvalue weighted by molar-refractivity contribution is 7.17. The molecular formula is C15H24N2O3S. The largest absolute Gasteiger partial charge is 0.477 e. The first-order valence-corrected chi connectivity index (χ1v) is 8.41. The van der Waals surface area contributed by atoms with E-state index in [4.69, 9.17) is 4.74 Å². The number of aromatic carboxylic acids is 1. The highest BCUT2D eigenvalue weighted by atomic mass is 32.1. The van der Waals surface area contributed by atoms with Gasteiger partial charge in [0.05, 0.1) is 24.4 Å². The number of rotatable bonds is 5. The predicted octanol–water partition coefficient (Wildman–Crippen LogP) is 3.36. The second kappa shape index (κ2) is 6.75. The lowest BCUT2D eigenvalue weighted by Gasteiger charge is -2.38. The molecule has 6 heteroatoms. The monoisotopic (exact) mass is 312 g/mol. The fraction of sp³-hybridized carbons (Fsp3) is 0.733. The van der Waals surface area contributed by atoms with Gasteiger partial charge in [-0.2, -0.15) is 0 Å². The molecule has 0 amide bonds. The third-order valence-electron chi connectivity index (χ3n) is 4.10.